The van der Waals surface area contributed by atoms with Gasteiger partial charge in [0.25, 0.3) is 5.91 Å². The molecular weight excluding hydrogens is 460 g/mol. The number of aryl methyl sites for hydroxylation is 1. The number of nitrogens with one attached hydrogen (secondary N) is 2. The number of aromatic nitrogens is 2. The van der Waals surface area contributed by atoms with Gasteiger partial charge in [-0.2, -0.15) is 0 Å². The van der Waals surface area contributed by atoms with E-state index in [1.54, 1.807) is 25.6 Å². The number of thiophene rings is 1. The maximum absolute atomic E-state index is 12.2. The highest BCUT2D eigenvalue weighted by atomic mass is 32.1. The fourth-order valence-corrected chi connectivity index (χ4v) is 4.84. The Kier molecular flexibility index (Phi) is 7.51. The molecule has 7 nitrogen and oxygen atoms in total. The lowest BCUT2D eigenvalue weighted by Crippen LogP contribution is -2.23. The SMILES string of the molecule is CCCNC(=O)c1ccc(-c2ccc([C@H](C)Nc3nc(C)nc4cc(OC)c(OC)cc34)s2)cc1. The van der Waals surface area contributed by atoms with Crippen LogP contribution in [0.5, 0.6) is 11.5 Å². The number of carbonyl (C=O) groups is 1. The summed E-state index contributed by atoms with van der Waals surface area (Å²) in [7, 11) is 3.23. The van der Waals surface area contributed by atoms with Crippen molar-refractivity contribution in [3.63, 3.8) is 0 Å². The molecule has 182 valence electrons. The first-order valence-electron chi connectivity index (χ1n) is 11.6. The molecule has 0 bridgehead atoms. The molecule has 1 amide bonds. The first kappa shape index (κ1) is 24.5. The summed E-state index contributed by atoms with van der Waals surface area (Å²) in [6, 6.07) is 15.8. The summed E-state index contributed by atoms with van der Waals surface area (Å²) in [5.74, 6) is 2.65. The van der Waals surface area contributed by atoms with E-state index in [1.165, 1.54) is 4.88 Å². The van der Waals surface area contributed by atoms with Crippen molar-refractivity contribution in [2.75, 3.05) is 26.1 Å². The highest BCUT2D eigenvalue weighted by Gasteiger charge is 2.16. The molecule has 0 unspecified atom stereocenters. The van der Waals surface area contributed by atoms with Crippen molar-refractivity contribution in [1.29, 1.82) is 0 Å². The number of hydrogen-bond donors (Lipinski definition) is 2. The van der Waals surface area contributed by atoms with Crippen LogP contribution in [0.1, 0.15) is 47.4 Å². The van der Waals surface area contributed by atoms with Crippen LogP contribution in [0.25, 0.3) is 21.3 Å². The molecule has 2 aromatic heterocycles. The van der Waals surface area contributed by atoms with Crippen LogP contribution in [0.2, 0.25) is 0 Å². The van der Waals surface area contributed by atoms with E-state index in [0.29, 0.717) is 29.4 Å². The third kappa shape index (κ3) is 5.38. The van der Waals surface area contributed by atoms with Crippen molar-refractivity contribution in [1.82, 2.24) is 15.3 Å². The van der Waals surface area contributed by atoms with E-state index < -0.39 is 0 Å². The van der Waals surface area contributed by atoms with Gasteiger partial charge in [-0.3, -0.25) is 4.79 Å². The largest absolute Gasteiger partial charge is 0.493 e. The fourth-order valence-electron chi connectivity index (χ4n) is 3.83. The van der Waals surface area contributed by atoms with Crippen molar-refractivity contribution in [2.24, 2.45) is 0 Å². The summed E-state index contributed by atoms with van der Waals surface area (Å²) >= 11 is 1.71. The molecule has 0 radical (unpaired) electrons. The van der Waals surface area contributed by atoms with E-state index in [-0.39, 0.29) is 11.9 Å². The van der Waals surface area contributed by atoms with Crippen LogP contribution in [-0.2, 0) is 0 Å². The van der Waals surface area contributed by atoms with Gasteiger partial charge in [-0.25, -0.2) is 9.97 Å². The van der Waals surface area contributed by atoms with Crippen molar-refractivity contribution in [3.05, 3.63) is 64.8 Å². The first-order chi connectivity index (χ1) is 16.9. The maximum atomic E-state index is 12.2. The molecule has 0 saturated carbocycles. The van der Waals surface area contributed by atoms with Crippen molar-refractivity contribution >= 4 is 34.0 Å². The highest BCUT2D eigenvalue weighted by Crippen LogP contribution is 2.37. The first-order valence-corrected chi connectivity index (χ1v) is 12.4. The highest BCUT2D eigenvalue weighted by molar-refractivity contribution is 7.15. The zero-order chi connectivity index (χ0) is 24.9. The molecule has 4 aromatic rings. The number of carbonyl (C=O) groups excluding carboxylic acids is 1. The zero-order valence-electron chi connectivity index (χ0n) is 20.6. The predicted octanol–water partition coefficient (Wildman–Crippen LogP) is 6.00. The van der Waals surface area contributed by atoms with E-state index in [0.717, 1.165) is 33.6 Å². The minimum absolute atomic E-state index is 0.0263. The van der Waals surface area contributed by atoms with Crippen molar-refractivity contribution in [2.45, 2.75) is 33.2 Å². The lowest BCUT2D eigenvalue weighted by Gasteiger charge is -2.16. The molecule has 2 N–H and O–H groups in total. The maximum Gasteiger partial charge on any atom is 0.251 e. The Morgan fingerprint density at radius 1 is 1.03 bits per heavy atom. The van der Waals surface area contributed by atoms with E-state index >= 15 is 0 Å². The Labute approximate surface area is 209 Å². The van der Waals surface area contributed by atoms with Gasteiger partial charge in [0.2, 0.25) is 0 Å². The van der Waals surface area contributed by atoms with Crippen LogP contribution in [0.15, 0.2) is 48.5 Å². The van der Waals surface area contributed by atoms with Gasteiger partial charge in [0, 0.05) is 33.3 Å². The smallest absolute Gasteiger partial charge is 0.251 e. The second-order valence-electron chi connectivity index (χ2n) is 8.25. The van der Waals surface area contributed by atoms with E-state index in [4.69, 9.17) is 9.47 Å². The molecule has 35 heavy (non-hydrogen) atoms. The number of methoxy groups -OCH3 is 2. The molecule has 0 spiro atoms. The number of benzene rings is 2. The summed E-state index contributed by atoms with van der Waals surface area (Å²) < 4.78 is 10.9. The molecule has 0 aliphatic heterocycles. The normalized spacial score (nSPS) is 11.8. The number of hydrogen-bond acceptors (Lipinski definition) is 7. The number of nitrogens with zero attached hydrogens (tertiary/aromatic N) is 2. The molecular formula is C27H30N4O3S. The van der Waals surface area contributed by atoms with Crippen LogP contribution < -0.4 is 20.1 Å². The number of rotatable bonds is 9. The van der Waals surface area contributed by atoms with E-state index in [9.17, 15) is 4.79 Å². The lowest BCUT2D eigenvalue weighted by atomic mass is 10.1. The number of amides is 1. The van der Waals surface area contributed by atoms with Crippen LogP contribution in [-0.4, -0.2) is 36.6 Å². The molecule has 2 aromatic carbocycles. The molecule has 4 rings (SSSR count). The van der Waals surface area contributed by atoms with Gasteiger partial charge in [0.1, 0.15) is 11.6 Å². The van der Waals surface area contributed by atoms with Crippen LogP contribution in [0.3, 0.4) is 0 Å². The standard InChI is InChI=1S/C27H30N4O3S/c1-6-13-28-27(32)19-9-7-18(8-10-19)25-12-11-24(35-25)16(2)29-26-20-14-22(33-4)23(34-5)15-21(20)30-17(3)31-26/h7-12,14-16H,6,13H2,1-5H3,(H,28,32)(H,29,30,31)/t16-/m0/s1. The quantitative estimate of drug-likeness (QED) is 0.299. The fraction of sp³-hybridized carbons (Fsp3) is 0.296. The Balaban J connectivity index is 1.55. The van der Waals surface area contributed by atoms with Gasteiger partial charge in [-0.05, 0) is 56.2 Å². The number of ether oxygens (including phenoxy) is 2. The molecule has 0 fully saturated rings. The minimum atomic E-state index is -0.0373. The molecule has 0 aliphatic rings. The zero-order valence-corrected chi connectivity index (χ0v) is 21.5. The van der Waals surface area contributed by atoms with Gasteiger partial charge in [0.05, 0.1) is 25.8 Å². The summed E-state index contributed by atoms with van der Waals surface area (Å²) in [5, 5.41) is 7.33. The Hall–Kier alpha value is -3.65. The second kappa shape index (κ2) is 10.7. The minimum Gasteiger partial charge on any atom is -0.493 e. The van der Waals surface area contributed by atoms with Gasteiger partial charge >= 0.3 is 0 Å². The number of fused-ring (bicyclic) bond motifs is 1. The number of anilines is 1. The third-order valence-corrected chi connectivity index (χ3v) is 7.00. The Bertz CT molecular complexity index is 1330. The van der Waals surface area contributed by atoms with Crippen LogP contribution >= 0.6 is 11.3 Å². The third-order valence-electron chi connectivity index (χ3n) is 5.69. The van der Waals surface area contributed by atoms with Gasteiger partial charge in [-0.15, -0.1) is 11.3 Å². The Morgan fingerprint density at radius 2 is 1.74 bits per heavy atom. The molecule has 0 aliphatic carbocycles. The summed E-state index contributed by atoms with van der Waals surface area (Å²) in [6.07, 6.45) is 0.917. The topological polar surface area (TPSA) is 85.4 Å². The average molecular weight is 491 g/mol. The Morgan fingerprint density at radius 3 is 2.43 bits per heavy atom. The summed E-state index contributed by atoms with van der Waals surface area (Å²) in [6.45, 7) is 6.71. The molecule has 1 atom stereocenters. The van der Waals surface area contributed by atoms with Gasteiger partial charge < -0.3 is 20.1 Å². The molecule has 8 heteroatoms. The van der Waals surface area contributed by atoms with Gasteiger partial charge in [-0.1, -0.05) is 19.1 Å². The van der Waals surface area contributed by atoms with Gasteiger partial charge in [0.15, 0.2) is 11.5 Å². The summed E-state index contributed by atoms with van der Waals surface area (Å²) in [5.41, 5.74) is 2.55. The average Bonchev–Trinajstić information content (AvgIpc) is 3.37. The second-order valence-corrected chi connectivity index (χ2v) is 9.36. The van der Waals surface area contributed by atoms with Crippen molar-refractivity contribution < 1.29 is 14.3 Å². The van der Waals surface area contributed by atoms with Crippen molar-refractivity contribution in [3.8, 4) is 21.9 Å². The van der Waals surface area contributed by atoms with E-state index in [1.807, 2.05) is 50.2 Å². The molecule has 0 saturated heterocycles. The predicted molar refractivity (Wildman–Crippen MR) is 142 cm³/mol. The lowest BCUT2D eigenvalue weighted by molar-refractivity contribution is 0.0953. The van der Waals surface area contributed by atoms with Crippen LogP contribution in [0.4, 0.5) is 5.82 Å². The summed E-state index contributed by atoms with van der Waals surface area (Å²) in [4.78, 5) is 23.7. The monoisotopic (exact) mass is 490 g/mol. The molecule has 2 heterocycles. The van der Waals surface area contributed by atoms with Crippen LogP contribution in [0, 0.1) is 6.92 Å². The van der Waals surface area contributed by atoms with E-state index in [2.05, 4.69) is 39.7 Å².